The summed E-state index contributed by atoms with van der Waals surface area (Å²) in [6.07, 6.45) is 3.45. The van der Waals surface area contributed by atoms with E-state index in [1.54, 1.807) is 12.4 Å². The van der Waals surface area contributed by atoms with Gasteiger partial charge in [-0.05, 0) is 54.4 Å². The lowest BCUT2D eigenvalue weighted by Gasteiger charge is -2.13. The second-order valence-electron chi connectivity index (χ2n) is 5.15. The molecule has 0 saturated carbocycles. The van der Waals surface area contributed by atoms with Crippen LogP contribution in [0.3, 0.4) is 0 Å². The fourth-order valence-electron chi connectivity index (χ4n) is 2.23. The van der Waals surface area contributed by atoms with Crippen LogP contribution in [-0.2, 0) is 0 Å². The van der Waals surface area contributed by atoms with Crippen molar-refractivity contribution in [3.8, 4) is 10.4 Å². The lowest BCUT2D eigenvalue weighted by Crippen LogP contribution is -2.25. The van der Waals surface area contributed by atoms with Gasteiger partial charge < -0.3 is 5.32 Å². The summed E-state index contributed by atoms with van der Waals surface area (Å²) in [5.74, 6) is -0.0699. The Hall–Kier alpha value is -2.17. The van der Waals surface area contributed by atoms with Gasteiger partial charge >= 0.3 is 0 Å². The number of amides is 1. The first-order chi connectivity index (χ1) is 11.1. The van der Waals surface area contributed by atoms with Crippen LogP contribution in [0, 0.1) is 0 Å². The molecule has 0 bridgehead atoms. The van der Waals surface area contributed by atoms with Crippen molar-refractivity contribution in [2.75, 3.05) is 0 Å². The molecule has 1 N–H and O–H groups in total. The molecular formula is C18H15ClN2OS. The van der Waals surface area contributed by atoms with Gasteiger partial charge in [-0.2, -0.15) is 0 Å². The summed E-state index contributed by atoms with van der Waals surface area (Å²) in [5.41, 5.74) is 2.09. The third-order valence-electron chi connectivity index (χ3n) is 3.51. The number of thiophene rings is 1. The first-order valence-corrected chi connectivity index (χ1v) is 8.39. The predicted octanol–water partition coefficient (Wildman–Crippen LogP) is 4.95. The van der Waals surface area contributed by atoms with E-state index in [0.717, 1.165) is 16.0 Å². The van der Waals surface area contributed by atoms with Crippen molar-refractivity contribution in [2.24, 2.45) is 0 Å². The van der Waals surface area contributed by atoms with Gasteiger partial charge in [0, 0.05) is 22.3 Å². The molecule has 0 aliphatic heterocycles. The lowest BCUT2D eigenvalue weighted by atomic mass is 10.1. The van der Waals surface area contributed by atoms with Crippen LogP contribution < -0.4 is 5.32 Å². The molecule has 0 radical (unpaired) electrons. The number of nitrogens with zero attached hydrogens (tertiary/aromatic N) is 1. The van der Waals surface area contributed by atoms with E-state index in [1.807, 2.05) is 55.5 Å². The minimum atomic E-state index is -0.0699. The maximum atomic E-state index is 12.4. The van der Waals surface area contributed by atoms with E-state index in [9.17, 15) is 4.79 Å². The molecule has 116 valence electrons. The third-order valence-corrected chi connectivity index (χ3v) is 4.90. The Morgan fingerprint density at radius 1 is 1.09 bits per heavy atom. The van der Waals surface area contributed by atoms with Gasteiger partial charge in [0.1, 0.15) is 0 Å². The van der Waals surface area contributed by atoms with Crippen molar-refractivity contribution >= 4 is 28.8 Å². The van der Waals surface area contributed by atoms with Crippen LogP contribution in [0.15, 0.2) is 60.9 Å². The average molecular weight is 343 g/mol. The molecule has 1 aromatic carbocycles. The molecule has 3 aromatic rings. The Morgan fingerprint density at radius 3 is 2.48 bits per heavy atom. The smallest absolute Gasteiger partial charge is 0.261 e. The highest BCUT2D eigenvalue weighted by atomic mass is 35.5. The zero-order chi connectivity index (χ0) is 16.2. The van der Waals surface area contributed by atoms with Gasteiger partial charge in [-0.25, -0.2) is 0 Å². The first kappa shape index (κ1) is 15.7. The van der Waals surface area contributed by atoms with Crippen molar-refractivity contribution in [1.82, 2.24) is 10.3 Å². The maximum absolute atomic E-state index is 12.4. The molecule has 2 aromatic heterocycles. The number of pyridine rings is 1. The van der Waals surface area contributed by atoms with Crippen LogP contribution in [0.5, 0.6) is 0 Å². The fraction of sp³-hybridized carbons (Fsp3) is 0.111. The van der Waals surface area contributed by atoms with Gasteiger partial charge in [0.25, 0.3) is 5.91 Å². The van der Waals surface area contributed by atoms with Gasteiger partial charge in [-0.3, -0.25) is 9.78 Å². The molecule has 3 nitrogen and oxygen atoms in total. The summed E-state index contributed by atoms with van der Waals surface area (Å²) in [6, 6.07) is 15.2. The van der Waals surface area contributed by atoms with Crippen LogP contribution in [-0.4, -0.2) is 10.9 Å². The van der Waals surface area contributed by atoms with Crippen molar-refractivity contribution in [3.05, 3.63) is 76.4 Å². The molecule has 0 fully saturated rings. The summed E-state index contributed by atoms with van der Waals surface area (Å²) in [5, 5.41) is 3.71. The van der Waals surface area contributed by atoms with E-state index in [4.69, 9.17) is 11.6 Å². The number of rotatable bonds is 4. The number of benzene rings is 1. The number of hydrogen-bond acceptors (Lipinski definition) is 3. The number of halogens is 1. The van der Waals surface area contributed by atoms with E-state index in [2.05, 4.69) is 10.3 Å². The second kappa shape index (κ2) is 6.94. The predicted molar refractivity (Wildman–Crippen MR) is 94.9 cm³/mol. The summed E-state index contributed by atoms with van der Waals surface area (Å²) in [6.45, 7) is 1.96. The van der Waals surface area contributed by atoms with Gasteiger partial charge in [0.15, 0.2) is 0 Å². The Labute approximate surface area is 144 Å². The molecule has 23 heavy (non-hydrogen) atoms. The van der Waals surface area contributed by atoms with Crippen molar-refractivity contribution in [2.45, 2.75) is 13.0 Å². The molecule has 0 saturated heterocycles. The number of hydrogen-bond donors (Lipinski definition) is 1. The normalized spacial score (nSPS) is 11.9. The van der Waals surface area contributed by atoms with Crippen molar-refractivity contribution in [3.63, 3.8) is 0 Å². The van der Waals surface area contributed by atoms with Crippen LogP contribution in [0.1, 0.15) is 28.2 Å². The van der Waals surface area contributed by atoms with Crippen LogP contribution >= 0.6 is 22.9 Å². The minimum Gasteiger partial charge on any atom is -0.345 e. The molecular weight excluding hydrogens is 328 g/mol. The average Bonchev–Trinajstić information content (AvgIpc) is 3.06. The van der Waals surface area contributed by atoms with Gasteiger partial charge in [0.05, 0.1) is 10.9 Å². The monoisotopic (exact) mass is 342 g/mol. The summed E-state index contributed by atoms with van der Waals surface area (Å²) in [4.78, 5) is 18.1. The Balaban J connectivity index is 1.72. The number of carbonyl (C=O) groups is 1. The standard InChI is InChI=1S/C18H15ClN2OS/c1-12(13-8-10-20-11-9-13)21-18(22)17-7-6-16(23-17)14-2-4-15(19)5-3-14/h2-12H,1H3,(H,21,22). The molecule has 1 unspecified atom stereocenters. The van der Waals surface area contributed by atoms with E-state index in [1.165, 1.54) is 11.3 Å². The van der Waals surface area contributed by atoms with E-state index < -0.39 is 0 Å². The number of aromatic nitrogens is 1. The van der Waals surface area contributed by atoms with Crippen LogP contribution in [0.4, 0.5) is 0 Å². The zero-order valence-corrected chi connectivity index (χ0v) is 14.1. The van der Waals surface area contributed by atoms with E-state index >= 15 is 0 Å². The molecule has 1 amide bonds. The number of nitrogens with one attached hydrogen (secondary N) is 1. The lowest BCUT2D eigenvalue weighted by molar-refractivity contribution is 0.0944. The molecule has 2 heterocycles. The second-order valence-corrected chi connectivity index (χ2v) is 6.67. The SMILES string of the molecule is CC(NC(=O)c1ccc(-c2ccc(Cl)cc2)s1)c1ccncc1. The van der Waals surface area contributed by atoms with Crippen LogP contribution in [0.25, 0.3) is 10.4 Å². The highest BCUT2D eigenvalue weighted by Crippen LogP contribution is 2.29. The van der Waals surface area contributed by atoms with Gasteiger partial charge in [0.2, 0.25) is 0 Å². The molecule has 0 aliphatic carbocycles. The van der Waals surface area contributed by atoms with E-state index in [-0.39, 0.29) is 11.9 Å². The highest BCUT2D eigenvalue weighted by Gasteiger charge is 2.14. The quantitative estimate of drug-likeness (QED) is 0.728. The highest BCUT2D eigenvalue weighted by molar-refractivity contribution is 7.17. The number of carbonyl (C=O) groups excluding carboxylic acids is 1. The van der Waals surface area contributed by atoms with Crippen molar-refractivity contribution < 1.29 is 4.79 Å². The third kappa shape index (κ3) is 3.78. The molecule has 1 atom stereocenters. The first-order valence-electron chi connectivity index (χ1n) is 7.20. The summed E-state index contributed by atoms with van der Waals surface area (Å²) >= 11 is 7.37. The summed E-state index contributed by atoms with van der Waals surface area (Å²) in [7, 11) is 0. The van der Waals surface area contributed by atoms with E-state index in [0.29, 0.717) is 9.90 Å². The molecule has 5 heteroatoms. The van der Waals surface area contributed by atoms with Crippen molar-refractivity contribution in [1.29, 1.82) is 0 Å². The molecule has 3 rings (SSSR count). The van der Waals surface area contributed by atoms with Gasteiger partial charge in [-0.1, -0.05) is 23.7 Å². The largest absolute Gasteiger partial charge is 0.345 e. The van der Waals surface area contributed by atoms with Crippen LogP contribution in [0.2, 0.25) is 5.02 Å². The Kier molecular flexibility index (Phi) is 4.74. The minimum absolute atomic E-state index is 0.0634. The zero-order valence-electron chi connectivity index (χ0n) is 12.5. The maximum Gasteiger partial charge on any atom is 0.261 e. The Bertz CT molecular complexity index is 799. The molecule has 0 spiro atoms. The topological polar surface area (TPSA) is 42.0 Å². The Morgan fingerprint density at radius 2 is 1.78 bits per heavy atom. The molecule has 0 aliphatic rings. The summed E-state index contributed by atoms with van der Waals surface area (Å²) < 4.78 is 0. The van der Waals surface area contributed by atoms with Gasteiger partial charge in [-0.15, -0.1) is 11.3 Å². The fourth-order valence-corrected chi connectivity index (χ4v) is 3.27.